The van der Waals surface area contributed by atoms with E-state index in [4.69, 9.17) is 9.47 Å². The fraction of sp³-hybridized carbons (Fsp3) is 0.286. The van der Waals surface area contributed by atoms with Gasteiger partial charge in [-0.15, -0.1) is 0 Å². The third-order valence-electron chi connectivity index (χ3n) is 4.81. The van der Waals surface area contributed by atoms with Gasteiger partial charge in [0.25, 0.3) is 0 Å². The van der Waals surface area contributed by atoms with E-state index in [1.165, 1.54) is 0 Å². The number of carbonyl (C=O) groups is 3. The number of para-hydroxylation sites is 1. The molecule has 150 valence electrons. The zero-order valence-electron chi connectivity index (χ0n) is 15.7. The Balaban J connectivity index is 1.28. The SMILES string of the molecule is O=C(CNC(=O)[C@@H]1CC(=O)N(c2ccccc2)C1)Nc1ccc2c(c1)OCCO2. The summed E-state index contributed by atoms with van der Waals surface area (Å²) in [7, 11) is 0. The normalized spacial score (nSPS) is 17.7. The Bertz CT molecular complexity index is 931. The van der Waals surface area contributed by atoms with Crippen LogP contribution in [0.5, 0.6) is 11.5 Å². The second-order valence-corrected chi connectivity index (χ2v) is 6.87. The average molecular weight is 395 g/mol. The quantitative estimate of drug-likeness (QED) is 0.801. The first-order chi connectivity index (χ1) is 14.1. The van der Waals surface area contributed by atoms with Crippen molar-refractivity contribution in [1.29, 1.82) is 0 Å². The smallest absolute Gasteiger partial charge is 0.243 e. The lowest BCUT2D eigenvalue weighted by Crippen LogP contribution is -2.37. The van der Waals surface area contributed by atoms with Gasteiger partial charge in [-0.3, -0.25) is 14.4 Å². The van der Waals surface area contributed by atoms with E-state index in [2.05, 4.69) is 10.6 Å². The predicted molar refractivity (Wildman–Crippen MR) is 106 cm³/mol. The molecule has 1 atom stereocenters. The van der Waals surface area contributed by atoms with E-state index in [0.29, 0.717) is 36.9 Å². The van der Waals surface area contributed by atoms with Crippen LogP contribution in [0.25, 0.3) is 0 Å². The summed E-state index contributed by atoms with van der Waals surface area (Å²) < 4.78 is 10.9. The Morgan fingerprint density at radius 2 is 1.79 bits per heavy atom. The Hall–Kier alpha value is -3.55. The van der Waals surface area contributed by atoms with Crippen LogP contribution in [0.3, 0.4) is 0 Å². The molecule has 1 saturated heterocycles. The monoisotopic (exact) mass is 395 g/mol. The molecule has 0 radical (unpaired) electrons. The number of hydrogen-bond donors (Lipinski definition) is 2. The number of amides is 3. The largest absolute Gasteiger partial charge is 0.486 e. The van der Waals surface area contributed by atoms with Crippen molar-refractivity contribution in [1.82, 2.24) is 5.32 Å². The molecule has 1 fully saturated rings. The average Bonchev–Trinajstić information content (AvgIpc) is 3.14. The maximum Gasteiger partial charge on any atom is 0.243 e. The van der Waals surface area contributed by atoms with Crippen molar-refractivity contribution in [3.05, 3.63) is 48.5 Å². The van der Waals surface area contributed by atoms with Crippen LogP contribution < -0.4 is 25.0 Å². The molecule has 3 amide bonds. The lowest BCUT2D eigenvalue weighted by atomic mass is 10.1. The molecule has 0 bridgehead atoms. The van der Waals surface area contributed by atoms with Crippen molar-refractivity contribution in [3.63, 3.8) is 0 Å². The first kappa shape index (κ1) is 18.8. The van der Waals surface area contributed by atoms with Crippen molar-refractivity contribution >= 4 is 29.1 Å². The molecular formula is C21H21N3O5. The molecule has 0 aliphatic carbocycles. The van der Waals surface area contributed by atoms with Gasteiger partial charge in [-0.1, -0.05) is 18.2 Å². The molecule has 0 saturated carbocycles. The summed E-state index contributed by atoms with van der Waals surface area (Å²) in [6.07, 6.45) is 0.129. The Labute approximate surface area is 167 Å². The number of nitrogens with zero attached hydrogens (tertiary/aromatic N) is 1. The van der Waals surface area contributed by atoms with Crippen molar-refractivity contribution in [2.75, 3.05) is 36.5 Å². The Morgan fingerprint density at radius 3 is 2.59 bits per heavy atom. The zero-order valence-corrected chi connectivity index (χ0v) is 15.7. The second-order valence-electron chi connectivity index (χ2n) is 6.87. The van der Waals surface area contributed by atoms with Gasteiger partial charge in [-0.25, -0.2) is 0 Å². The first-order valence-corrected chi connectivity index (χ1v) is 9.43. The van der Waals surface area contributed by atoms with E-state index in [9.17, 15) is 14.4 Å². The molecule has 0 aromatic heterocycles. The molecule has 2 N–H and O–H groups in total. The fourth-order valence-electron chi connectivity index (χ4n) is 3.38. The van der Waals surface area contributed by atoms with Crippen LogP contribution in [0.4, 0.5) is 11.4 Å². The lowest BCUT2D eigenvalue weighted by molar-refractivity contribution is -0.127. The minimum absolute atomic E-state index is 0.0999. The van der Waals surface area contributed by atoms with Crippen LogP contribution in [0.2, 0.25) is 0 Å². The molecule has 0 unspecified atom stereocenters. The summed E-state index contributed by atoms with van der Waals surface area (Å²) in [5, 5.41) is 5.33. The van der Waals surface area contributed by atoms with Gasteiger partial charge in [-0.05, 0) is 24.3 Å². The van der Waals surface area contributed by atoms with Gasteiger partial charge in [0.1, 0.15) is 13.2 Å². The Kier molecular flexibility index (Phi) is 5.33. The molecular weight excluding hydrogens is 374 g/mol. The minimum atomic E-state index is -0.482. The van der Waals surface area contributed by atoms with Crippen molar-refractivity contribution in [2.24, 2.45) is 5.92 Å². The molecule has 2 aliphatic heterocycles. The summed E-state index contributed by atoms with van der Waals surface area (Å²) in [5.74, 6) is -0.0461. The van der Waals surface area contributed by atoms with E-state index in [0.717, 1.165) is 5.69 Å². The van der Waals surface area contributed by atoms with Gasteiger partial charge in [0, 0.05) is 30.4 Å². The molecule has 0 spiro atoms. The molecule has 8 nitrogen and oxygen atoms in total. The summed E-state index contributed by atoms with van der Waals surface area (Å²) in [4.78, 5) is 38.4. The number of fused-ring (bicyclic) bond motifs is 1. The van der Waals surface area contributed by atoms with Crippen LogP contribution >= 0.6 is 0 Å². The van der Waals surface area contributed by atoms with Gasteiger partial charge in [0.05, 0.1) is 12.5 Å². The number of carbonyl (C=O) groups excluding carboxylic acids is 3. The second kappa shape index (κ2) is 8.22. The van der Waals surface area contributed by atoms with Crippen molar-refractivity contribution in [3.8, 4) is 11.5 Å². The van der Waals surface area contributed by atoms with Crippen molar-refractivity contribution < 1.29 is 23.9 Å². The highest BCUT2D eigenvalue weighted by Crippen LogP contribution is 2.32. The molecule has 8 heteroatoms. The molecule has 2 heterocycles. The number of anilines is 2. The predicted octanol–water partition coefficient (Wildman–Crippen LogP) is 1.57. The lowest BCUT2D eigenvalue weighted by Gasteiger charge is -2.19. The van der Waals surface area contributed by atoms with Crippen LogP contribution in [0.1, 0.15) is 6.42 Å². The van der Waals surface area contributed by atoms with E-state index in [1.54, 1.807) is 23.1 Å². The van der Waals surface area contributed by atoms with Gasteiger partial charge < -0.3 is 25.0 Å². The van der Waals surface area contributed by atoms with Gasteiger partial charge >= 0.3 is 0 Å². The third kappa shape index (κ3) is 4.31. The number of rotatable bonds is 5. The maximum absolute atomic E-state index is 12.4. The van der Waals surface area contributed by atoms with E-state index >= 15 is 0 Å². The number of ether oxygens (including phenoxy) is 2. The Morgan fingerprint density at radius 1 is 1.03 bits per heavy atom. The van der Waals surface area contributed by atoms with Gasteiger partial charge in [-0.2, -0.15) is 0 Å². The number of benzene rings is 2. The van der Waals surface area contributed by atoms with E-state index < -0.39 is 5.92 Å². The summed E-state index contributed by atoms with van der Waals surface area (Å²) >= 11 is 0. The maximum atomic E-state index is 12.4. The summed E-state index contributed by atoms with van der Waals surface area (Å²) in [5.41, 5.74) is 1.32. The topological polar surface area (TPSA) is 97.0 Å². The molecule has 4 rings (SSSR count). The summed E-state index contributed by atoms with van der Waals surface area (Å²) in [6.45, 7) is 1.08. The highest BCUT2D eigenvalue weighted by Gasteiger charge is 2.35. The third-order valence-corrected chi connectivity index (χ3v) is 4.81. The molecule has 2 aromatic rings. The molecule has 2 aromatic carbocycles. The number of nitrogens with one attached hydrogen (secondary N) is 2. The highest BCUT2D eigenvalue weighted by atomic mass is 16.6. The minimum Gasteiger partial charge on any atom is -0.486 e. The van der Waals surface area contributed by atoms with Crippen LogP contribution in [0.15, 0.2) is 48.5 Å². The highest BCUT2D eigenvalue weighted by molar-refractivity contribution is 6.01. The van der Waals surface area contributed by atoms with Crippen LogP contribution in [-0.4, -0.2) is 44.0 Å². The van der Waals surface area contributed by atoms with Gasteiger partial charge in [0.15, 0.2) is 11.5 Å². The zero-order chi connectivity index (χ0) is 20.2. The van der Waals surface area contributed by atoms with Crippen molar-refractivity contribution in [2.45, 2.75) is 6.42 Å². The first-order valence-electron chi connectivity index (χ1n) is 9.43. The molecule has 2 aliphatic rings. The van der Waals surface area contributed by atoms with E-state index in [-0.39, 0.29) is 30.7 Å². The van der Waals surface area contributed by atoms with E-state index in [1.807, 2.05) is 30.3 Å². The number of hydrogen-bond acceptors (Lipinski definition) is 5. The van der Waals surface area contributed by atoms with Crippen LogP contribution in [0, 0.1) is 5.92 Å². The fourth-order valence-corrected chi connectivity index (χ4v) is 3.38. The standard InChI is InChI=1S/C21H21N3O5/c25-19(23-15-6-7-17-18(11-15)29-9-8-28-17)12-22-21(27)14-10-20(26)24(13-14)16-4-2-1-3-5-16/h1-7,11,14H,8-10,12-13H2,(H,22,27)(H,23,25)/t14-/m1/s1. The van der Waals surface area contributed by atoms with Gasteiger partial charge in [0.2, 0.25) is 17.7 Å². The van der Waals surface area contributed by atoms with Crippen LogP contribution in [-0.2, 0) is 14.4 Å². The summed E-state index contributed by atoms with van der Waals surface area (Å²) in [6, 6.07) is 14.3. The molecule has 29 heavy (non-hydrogen) atoms.